The monoisotopic (exact) mass is 178 g/mol. The molecule has 1 heterocycles. The average Bonchev–Trinajstić information content (AvgIpc) is 2.83. The van der Waals surface area contributed by atoms with Gasteiger partial charge in [0.25, 0.3) is 0 Å². The predicted molar refractivity (Wildman–Crippen MR) is 53.1 cm³/mol. The van der Waals surface area contributed by atoms with Crippen molar-refractivity contribution in [2.45, 2.75) is 31.7 Å². The van der Waals surface area contributed by atoms with Gasteiger partial charge in [-0.1, -0.05) is 6.08 Å². The fourth-order valence-corrected chi connectivity index (χ4v) is 3.40. The first-order valence-electron chi connectivity index (χ1n) is 5.39. The number of hydrogen-bond acceptors (Lipinski definition) is 2. The van der Waals surface area contributed by atoms with Crippen molar-refractivity contribution in [3.05, 3.63) is 11.8 Å². The maximum absolute atomic E-state index is 5.90. The average molecular weight is 178 g/mol. The zero-order valence-electron chi connectivity index (χ0n) is 8.29. The topological polar surface area (TPSA) is 29.3 Å². The SMILES string of the molecule is CN1CCC2(C=C(N)CC2)C2CC21. The Hall–Kier alpha value is -0.500. The summed E-state index contributed by atoms with van der Waals surface area (Å²) >= 11 is 0. The van der Waals surface area contributed by atoms with Gasteiger partial charge in [0, 0.05) is 11.7 Å². The van der Waals surface area contributed by atoms with E-state index in [4.69, 9.17) is 5.73 Å². The van der Waals surface area contributed by atoms with Crippen molar-refractivity contribution in [3.8, 4) is 0 Å². The molecule has 1 saturated carbocycles. The molecule has 0 aromatic rings. The smallest absolute Gasteiger partial charge is 0.0133 e. The Morgan fingerprint density at radius 2 is 2.38 bits per heavy atom. The summed E-state index contributed by atoms with van der Waals surface area (Å²) in [6, 6.07) is 0.885. The van der Waals surface area contributed by atoms with E-state index < -0.39 is 0 Å². The van der Waals surface area contributed by atoms with Gasteiger partial charge in [-0.3, -0.25) is 0 Å². The number of hydrogen-bond donors (Lipinski definition) is 1. The van der Waals surface area contributed by atoms with Gasteiger partial charge in [-0.15, -0.1) is 0 Å². The summed E-state index contributed by atoms with van der Waals surface area (Å²) < 4.78 is 0. The summed E-state index contributed by atoms with van der Waals surface area (Å²) in [7, 11) is 2.26. The van der Waals surface area contributed by atoms with Crippen LogP contribution in [0.3, 0.4) is 0 Å². The number of likely N-dealkylation sites (tertiary alicyclic amines) is 1. The Labute approximate surface area is 79.8 Å². The maximum atomic E-state index is 5.90. The molecule has 1 saturated heterocycles. The van der Waals surface area contributed by atoms with Crippen molar-refractivity contribution < 1.29 is 0 Å². The van der Waals surface area contributed by atoms with Crippen LogP contribution < -0.4 is 5.73 Å². The van der Waals surface area contributed by atoms with Gasteiger partial charge < -0.3 is 10.6 Å². The molecule has 13 heavy (non-hydrogen) atoms. The Balaban J connectivity index is 1.87. The fraction of sp³-hybridized carbons (Fsp3) is 0.818. The van der Waals surface area contributed by atoms with Gasteiger partial charge in [-0.2, -0.15) is 0 Å². The molecule has 0 amide bonds. The molecule has 1 spiro atoms. The number of fused-ring (bicyclic) bond motifs is 2. The highest BCUT2D eigenvalue weighted by Crippen LogP contribution is 2.59. The van der Waals surface area contributed by atoms with Gasteiger partial charge >= 0.3 is 0 Å². The summed E-state index contributed by atoms with van der Waals surface area (Å²) in [5.74, 6) is 0.937. The Bertz CT molecular complexity index is 271. The second kappa shape index (κ2) is 2.30. The lowest BCUT2D eigenvalue weighted by molar-refractivity contribution is 0.153. The standard InChI is InChI=1S/C11H18N2/c1-13-5-4-11(9-6-10(9)13)3-2-8(12)7-11/h7,9-10H,2-6,12H2,1H3. The lowest BCUT2D eigenvalue weighted by atomic mass is 9.77. The lowest BCUT2D eigenvalue weighted by Crippen LogP contribution is -2.37. The minimum Gasteiger partial charge on any atom is -0.402 e. The third kappa shape index (κ3) is 0.983. The van der Waals surface area contributed by atoms with Crippen LogP contribution in [0.4, 0.5) is 0 Å². The molecular formula is C11H18N2. The first kappa shape index (κ1) is 7.86. The van der Waals surface area contributed by atoms with Crippen LogP contribution in [-0.4, -0.2) is 24.5 Å². The lowest BCUT2D eigenvalue weighted by Gasteiger charge is -2.36. The van der Waals surface area contributed by atoms with E-state index in [2.05, 4.69) is 18.0 Å². The molecule has 3 unspecified atom stereocenters. The molecule has 0 aromatic heterocycles. The van der Waals surface area contributed by atoms with Crippen molar-refractivity contribution in [1.82, 2.24) is 4.90 Å². The third-order valence-corrected chi connectivity index (χ3v) is 4.34. The molecular weight excluding hydrogens is 160 g/mol. The summed E-state index contributed by atoms with van der Waals surface area (Å²) in [6.07, 6.45) is 7.62. The van der Waals surface area contributed by atoms with E-state index in [0.717, 1.165) is 24.1 Å². The molecule has 2 fully saturated rings. The van der Waals surface area contributed by atoms with Crippen molar-refractivity contribution in [2.75, 3.05) is 13.6 Å². The first-order valence-corrected chi connectivity index (χ1v) is 5.39. The minimum absolute atomic E-state index is 0.529. The largest absolute Gasteiger partial charge is 0.402 e. The van der Waals surface area contributed by atoms with Crippen molar-refractivity contribution in [1.29, 1.82) is 0 Å². The van der Waals surface area contributed by atoms with E-state index in [1.165, 1.54) is 25.8 Å². The van der Waals surface area contributed by atoms with Crippen molar-refractivity contribution >= 4 is 0 Å². The molecule has 0 bridgehead atoms. The van der Waals surface area contributed by atoms with Crippen LogP contribution in [0.25, 0.3) is 0 Å². The van der Waals surface area contributed by atoms with Crippen molar-refractivity contribution in [3.63, 3.8) is 0 Å². The Kier molecular flexibility index (Phi) is 1.39. The van der Waals surface area contributed by atoms with Crippen molar-refractivity contribution in [2.24, 2.45) is 17.1 Å². The summed E-state index contributed by atoms with van der Waals surface area (Å²) in [5.41, 5.74) is 7.58. The van der Waals surface area contributed by atoms with E-state index in [0.29, 0.717) is 5.41 Å². The van der Waals surface area contributed by atoms with E-state index in [-0.39, 0.29) is 0 Å². The van der Waals surface area contributed by atoms with E-state index >= 15 is 0 Å². The molecule has 3 rings (SSSR count). The van der Waals surface area contributed by atoms with Crippen LogP contribution in [0.1, 0.15) is 25.7 Å². The van der Waals surface area contributed by atoms with E-state index in [1.54, 1.807) is 0 Å². The van der Waals surface area contributed by atoms with Crippen LogP contribution in [0.15, 0.2) is 11.8 Å². The summed E-state index contributed by atoms with van der Waals surface area (Å²) in [5, 5.41) is 0. The molecule has 1 aliphatic heterocycles. The van der Waals surface area contributed by atoms with Gasteiger partial charge in [0.15, 0.2) is 0 Å². The van der Waals surface area contributed by atoms with E-state index in [1.807, 2.05) is 0 Å². The van der Waals surface area contributed by atoms with Crippen LogP contribution >= 0.6 is 0 Å². The van der Waals surface area contributed by atoms with Crippen LogP contribution in [0.5, 0.6) is 0 Å². The molecule has 3 aliphatic rings. The zero-order valence-corrected chi connectivity index (χ0v) is 8.29. The first-order chi connectivity index (χ1) is 6.21. The zero-order chi connectivity index (χ0) is 9.05. The highest BCUT2D eigenvalue weighted by atomic mass is 15.2. The molecule has 0 aromatic carbocycles. The predicted octanol–water partition coefficient (Wildman–Crippen LogP) is 1.33. The highest BCUT2D eigenvalue weighted by molar-refractivity contribution is 5.23. The maximum Gasteiger partial charge on any atom is 0.0133 e. The Morgan fingerprint density at radius 1 is 1.54 bits per heavy atom. The summed E-state index contributed by atoms with van der Waals surface area (Å²) in [6.45, 7) is 1.27. The van der Waals surface area contributed by atoms with Gasteiger partial charge in [0.05, 0.1) is 0 Å². The van der Waals surface area contributed by atoms with Crippen LogP contribution in [-0.2, 0) is 0 Å². The number of nitrogens with zero attached hydrogens (tertiary/aromatic N) is 1. The highest BCUT2D eigenvalue weighted by Gasteiger charge is 2.56. The van der Waals surface area contributed by atoms with Crippen LogP contribution in [0, 0.1) is 11.3 Å². The number of piperidine rings is 1. The minimum atomic E-state index is 0.529. The number of allylic oxidation sites excluding steroid dienone is 2. The molecule has 2 heteroatoms. The van der Waals surface area contributed by atoms with Crippen LogP contribution in [0.2, 0.25) is 0 Å². The summed E-state index contributed by atoms with van der Waals surface area (Å²) in [4.78, 5) is 2.53. The van der Waals surface area contributed by atoms with E-state index in [9.17, 15) is 0 Å². The number of rotatable bonds is 0. The molecule has 72 valence electrons. The molecule has 0 radical (unpaired) electrons. The fourth-order valence-electron chi connectivity index (χ4n) is 3.40. The normalized spacial score (nSPS) is 49.2. The Morgan fingerprint density at radius 3 is 3.08 bits per heavy atom. The molecule has 2 aliphatic carbocycles. The molecule has 2 nitrogen and oxygen atoms in total. The molecule has 2 N–H and O–H groups in total. The van der Waals surface area contributed by atoms with Gasteiger partial charge in [0.2, 0.25) is 0 Å². The second-order valence-corrected chi connectivity index (χ2v) is 5.09. The quantitative estimate of drug-likeness (QED) is 0.606. The molecule has 3 atom stereocenters. The third-order valence-electron chi connectivity index (χ3n) is 4.34. The van der Waals surface area contributed by atoms with Gasteiger partial charge in [0.1, 0.15) is 0 Å². The van der Waals surface area contributed by atoms with Gasteiger partial charge in [-0.05, 0) is 50.6 Å². The van der Waals surface area contributed by atoms with Gasteiger partial charge in [-0.25, -0.2) is 0 Å². The number of nitrogens with two attached hydrogens (primary N) is 1. The second-order valence-electron chi connectivity index (χ2n) is 5.09.